The summed E-state index contributed by atoms with van der Waals surface area (Å²) < 4.78 is 0. The normalized spacial score (nSPS) is 12.7. The Morgan fingerprint density at radius 1 is 1.29 bits per heavy atom. The van der Waals surface area contributed by atoms with Gasteiger partial charge in [0.2, 0.25) is 0 Å². The van der Waals surface area contributed by atoms with Crippen LogP contribution >= 0.6 is 11.8 Å². The Balaban J connectivity index is 2.16. The molecule has 0 aliphatic carbocycles. The molecule has 0 amide bonds. The fraction of sp³-hybridized carbons (Fsp3) is 0.500. The fourth-order valence-corrected chi connectivity index (χ4v) is 2.11. The highest BCUT2D eigenvalue weighted by Crippen LogP contribution is 2.07. The second-order valence-corrected chi connectivity index (χ2v) is 4.50. The minimum absolute atomic E-state index is 0.369. The Morgan fingerprint density at radius 2 is 2.00 bits per heavy atom. The zero-order chi connectivity index (χ0) is 10.2. The summed E-state index contributed by atoms with van der Waals surface area (Å²) in [5, 5.41) is 0. The molecule has 0 aromatic heterocycles. The average molecular weight is 209 g/mol. The summed E-state index contributed by atoms with van der Waals surface area (Å²) in [4.78, 5) is 0. The van der Waals surface area contributed by atoms with Crippen LogP contribution in [0.4, 0.5) is 0 Å². The minimum Gasteiger partial charge on any atom is -0.327 e. The summed E-state index contributed by atoms with van der Waals surface area (Å²) >= 11 is 1.83. The van der Waals surface area contributed by atoms with Crippen molar-refractivity contribution < 1.29 is 0 Å². The maximum absolute atomic E-state index is 5.93. The van der Waals surface area contributed by atoms with E-state index in [1.54, 1.807) is 0 Å². The fourth-order valence-electron chi connectivity index (χ4n) is 1.51. The molecular weight excluding hydrogens is 190 g/mol. The molecule has 0 saturated heterocycles. The molecule has 0 aliphatic heterocycles. The van der Waals surface area contributed by atoms with Gasteiger partial charge in [-0.25, -0.2) is 0 Å². The van der Waals surface area contributed by atoms with Crippen LogP contribution in [0.25, 0.3) is 0 Å². The number of thioether (sulfide) groups is 1. The van der Waals surface area contributed by atoms with Gasteiger partial charge in [-0.05, 0) is 31.1 Å². The van der Waals surface area contributed by atoms with E-state index < -0.39 is 0 Å². The highest BCUT2D eigenvalue weighted by Gasteiger charge is 2.00. The van der Waals surface area contributed by atoms with E-state index in [1.807, 2.05) is 11.8 Å². The molecule has 14 heavy (non-hydrogen) atoms. The third kappa shape index (κ3) is 4.68. The maximum Gasteiger partial charge on any atom is 0.0130 e. The third-order valence-corrected chi connectivity index (χ3v) is 3.03. The predicted octanol–water partition coefficient (Wildman–Crippen LogP) is 2.70. The van der Waals surface area contributed by atoms with Gasteiger partial charge in [0.05, 0.1) is 0 Å². The largest absolute Gasteiger partial charge is 0.327 e. The van der Waals surface area contributed by atoms with Crippen LogP contribution < -0.4 is 5.73 Å². The maximum atomic E-state index is 5.93. The van der Waals surface area contributed by atoms with E-state index in [9.17, 15) is 0 Å². The first-order valence-corrected chi connectivity index (χ1v) is 6.50. The Bertz CT molecular complexity index is 235. The molecule has 1 atom stereocenters. The summed E-state index contributed by atoms with van der Waals surface area (Å²) in [6.07, 6.45) is 5.60. The van der Waals surface area contributed by atoms with Crippen molar-refractivity contribution in [3.8, 4) is 0 Å². The van der Waals surface area contributed by atoms with Crippen LogP contribution in [0.3, 0.4) is 0 Å². The smallest absolute Gasteiger partial charge is 0.0130 e. The van der Waals surface area contributed by atoms with Gasteiger partial charge in [-0.2, -0.15) is 11.8 Å². The molecule has 0 saturated carbocycles. The average Bonchev–Trinajstić information content (AvgIpc) is 2.20. The summed E-state index contributed by atoms with van der Waals surface area (Å²) in [6.45, 7) is 0. The summed E-state index contributed by atoms with van der Waals surface area (Å²) in [5.41, 5.74) is 7.35. The van der Waals surface area contributed by atoms with Gasteiger partial charge >= 0.3 is 0 Å². The van der Waals surface area contributed by atoms with E-state index in [-0.39, 0.29) is 0 Å². The van der Waals surface area contributed by atoms with Crippen molar-refractivity contribution in [2.45, 2.75) is 25.3 Å². The summed E-state index contributed by atoms with van der Waals surface area (Å²) in [5.74, 6) is 1.08. The van der Waals surface area contributed by atoms with E-state index >= 15 is 0 Å². The Labute approximate surface area is 91.1 Å². The number of benzene rings is 1. The molecule has 0 bridgehead atoms. The molecule has 2 N–H and O–H groups in total. The zero-order valence-corrected chi connectivity index (χ0v) is 9.59. The van der Waals surface area contributed by atoms with Crippen LogP contribution in [0.2, 0.25) is 0 Å². The Morgan fingerprint density at radius 3 is 2.64 bits per heavy atom. The van der Waals surface area contributed by atoms with Gasteiger partial charge < -0.3 is 5.73 Å². The minimum atomic E-state index is 0.369. The van der Waals surface area contributed by atoms with Crippen LogP contribution in [-0.4, -0.2) is 18.1 Å². The third-order valence-electron chi connectivity index (χ3n) is 2.26. The lowest BCUT2D eigenvalue weighted by Gasteiger charge is -2.09. The Kier molecular flexibility index (Phi) is 5.72. The van der Waals surface area contributed by atoms with E-state index in [0.717, 1.165) is 18.6 Å². The van der Waals surface area contributed by atoms with Gasteiger partial charge in [-0.15, -0.1) is 0 Å². The van der Waals surface area contributed by atoms with Crippen LogP contribution in [-0.2, 0) is 6.42 Å². The lowest BCUT2D eigenvalue weighted by atomic mass is 10.1. The second-order valence-electron chi connectivity index (χ2n) is 3.59. The Hall–Kier alpha value is -0.470. The second kappa shape index (κ2) is 6.91. The van der Waals surface area contributed by atoms with Crippen molar-refractivity contribution >= 4 is 11.8 Å². The molecule has 0 aliphatic rings. The summed E-state index contributed by atoms with van der Waals surface area (Å²) in [7, 11) is 0. The standard InChI is InChI=1S/C12H19NS/c1-14-10-12(13)9-5-8-11-6-3-2-4-7-11/h2-4,6-7,12H,5,8-10,13H2,1H3. The SMILES string of the molecule is CSCC(N)CCCc1ccccc1. The zero-order valence-electron chi connectivity index (χ0n) is 8.78. The van der Waals surface area contributed by atoms with Crippen molar-refractivity contribution in [1.29, 1.82) is 0 Å². The molecule has 0 fully saturated rings. The lowest BCUT2D eigenvalue weighted by molar-refractivity contribution is 0.631. The first-order chi connectivity index (χ1) is 6.83. The molecule has 1 aromatic rings. The quantitative estimate of drug-likeness (QED) is 0.779. The van der Waals surface area contributed by atoms with Crippen LogP contribution in [0.15, 0.2) is 30.3 Å². The van der Waals surface area contributed by atoms with Gasteiger partial charge in [0.1, 0.15) is 0 Å². The number of hydrogen-bond acceptors (Lipinski definition) is 2. The van der Waals surface area contributed by atoms with Crippen molar-refractivity contribution in [1.82, 2.24) is 0 Å². The van der Waals surface area contributed by atoms with Crippen LogP contribution in [0.5, 0.6) is 0 Å². The monoisotopic (exact) mass is 209 g/mol. The van der Waals surface area contributed by atoms with Crippen LogP contribution in [0.1, 0.15) is 18.4 Å². The van der Waals surface area contributed by atoms with Gasteiger partial charge in [0, 0.05) is 11.8 Å². The first kappa shape index (κ1) is 11.6. The molecular formula is C12H19NS. The molecule has 0 heterocycles. The van der Waals surface area contributed by atoms with Gasteiger partial charge in [-0.1, -0.05) is 30.3 Å². The van der Waals surface area contributed by atoms with Gasteiger partial charge in [0.25, 0.3) is 0 Å². The number of hydrogen-bond donors (Lipinski definition) is 1. The number of aryl methyl sites for hydroxylation is 1. The van der Waals surface area contributed by atoms with Crippen molar-refractivity contribution in [2.24, 2.45) is 5.73 Å². The number of nitrogens with two attached hydrogens (primary N) is 1. The molecule has 0 radical (unpaired) electrons. The van der Waals surface area contributed by atoms with E-state index in [1.165, 1.54) is 12.0 Å². The van der Waals surface area contributed by atoms with E-state index in [2.05, 4.69) is 36.6 Å². The van der Waals surface area contributed by atoms with E-state index in [0.29, 0.717) is 6.04 Å². The molecule has 1 rings (SSSR count). The molecule has 0 spiro atoms. The van der Waals surface area contributed by atoms with Gasteiger partial charge in [-0.3, -0.25) is 0 Å². The first-order valence-electron chi connectivity index (χ1n) is 5.11. The predicted molar refractivity (Wildman–Crippen MR) is 65.7 cm³/mol. The highest BCUT2D eigenvalue weighted by molar-refractivity contribution is 7.98. The molecule has 1 aromatic carbocycles. The molecule has 1 nitrogen and oxygen atoms in total. The lowest BCUT2D eigenvalue weighted by Crippen LogP contribution is -2.22. The van der Waals surface area contributed by atoms with E-state index in [4.69, 9.17) is 5.73 Å². The summed E-state index contributed by atoms with van der Waals surface area (Å²) in [6, 6.07) is 11.0. The highest BCUT2D eigenvalue weighted by atomic mass is 32.2. The van der Waals surface area contributed by atoms with Crippen molar-refractivity contribution in [2.75, 3.05) is 12.0 Å². The van der Waals surface area contributed by atoms with Gasteiger partial charge in [0.15, 0.2) is 0 Å². The van der Waals surface area contributed by atoms with Crippen molar-refractivity contribution in [3.05, 3.63) is 35.9 Å². The van der Waals surface area contributed by atoms with Crippen molar-refractivity contribution in [3.63, 3.8) is 0 Å². The van der Waals surface area contributed by atoms with Crippen LogP contribution in [0, 0.1) is 0 Å². The number of rotatable bonds is 6. The molecule has 78 valence electrons. The topological polar surface area (TPSA) is 26.0 Å². The molecule has 1 unspecified atom stereocenters. The molecule has 2 heteroatoms.